The number of hydrogen-bond acceptors (Lipinski definition) is 2. The highest BCUT2D eigenvalue weighted by molar-refractivity contribution is 5.73. The summed E-state index contributed by atoms with van der Waals surface area (Å²) < 4.78 is 0. The first kappa shape index (κ1) is 11.5. The van der Waals surface area contributed by atoms with Gasteiger partial charge in [0.15, 0.2) is 0 Å². The summed E-state index contributed by atoms with van der Waals surface area (Å²) in [7, 11) is 3.43. The second-order valence-corrected chi connectivity index (χ2v) is 3.57. The number of carbonyl (C=O) groups excluding carboxylic acids is 1. The highest BCUT2D eigenvalue weighted by Gasteiger charge is 2.01. The second-order valence-electron chi connectivity index (χ2n) is 3.57. The molecule has 1 aromatic carbocycles. The van der Waals surface area contributed by atoms with Gasteiger partial charge in [-0.3, -0.25) is 0 Å². The number of carbonyl (C=O) groups is 1. The summed E-state index contributed by atoms with van der Waals surface area (Å²) in [5.41, 5.74) is 7.65. The van der Waals surface area contributed by atoms with Gasteiger partial charge in [-0.15, -0.1) is 0 Å². The molecule has 0 unspecified atom stereocenters. The highest BCUT2D eigenvalue weighted by atomic mass is 16.2. The Morgan fingerprint density at radius 2 is 1.80 bits per heavy atom. The van der Waals surface area contributed by atoms with Crippen LogP contribution in [0.25, 0.3) is 0 Å². The Kier molecular flexibility index (Phi) is 4.12. The van der Waals surface area contributed by atoms with E-state index in [0.717, 1.165) is 11.1 Å². The molecule has 0 radical (unpaired) electrons. The van der Waals surface area contributed by atoms with Gasteiger partial charge in [-0.1, -0.05) is 24.3 Å². The summed E-state index contributed by atoms with van der Waals surface area (Å²) in [5, 5.41) is 2.79. The van der Waals surface area contributed by atoms with Gasteiger partial charge in [0, 0.05) is 27.2 Å². The lowest BCUT2D eigenvalue weighted by molar-refractivity contribution is 0.217. The monoisotopic (exact) mass is 207 g/mol. The van der Waals surface area contributed by atoms with Crippen molar-refractivity contribution < 1.29 is 4.79 Å². The summed E-state index contributed by atoms with van der Waals surface area (Å²) in [6.07, 6.45) is 0. The van der Waals surface area contributed by atoms with Crippen LogP contribution in [0.3, 0.4) is 0 Å². The molecule has 4 nitrogen and oxygen atoms in total. The summed E-state index contributed by atoms with van der Waals surface area (Å²) >= 11 is 0. The fourth-order valence-electron chi connectivity index (χ4n) is 1.13. The predicted octanol–water partition coefficient (Wildman–Crippen LogP) is 0.916. The van der Waals surface area contributed by atoms with Gasteiger partial charge in [-0.2, -0.15) is 0 Å². The molecule has 0 atom stereocenters. The summed E-state index contributed by atoms with van der Waals surface area (Å²) in [5.74, 6) is 0. The molecule has 0 heterocycles. The minimum Gasteiger partial charge on any atom is -0.334 e. The standard InChI is InChI=1S/C11H17N3O/c1-14(2)11(15)13-8-10-5-3-9(7-12)4-6-10/h3-6H,7-8,12H2,1-2H3,(H,13,15). The molecule has 0 bridgehead atoms. The molecule has 1 rings (SSSR count). The molecule has 82 valence electrons. The normalized spacial score (nSPS) is 9.80. The Morgan fingerprint density at radius 1 is 1.27 bits per heavy atom. The topological polar surface area (TPSA) is 58.4 Å². The molecule has 0 saturated carbocycles. The van der Waals surface area contributed by atoms with E-state index < -0.39 is 0 Å². The van der Waals surface area contributed by atoms with Crippen molar-refractivity contribution in [2.24, 2.45) is 5.73 Å². The maximum atomic E-state index is 11.2. The van der Waals surface area contributed by atoms with Crippen LogP contribution >= 0.6 is 0 Å². The Hall–Kier alpha value is -1.55. The van der Waals surface area contributed by atoms with Gasteiger partial charge in [-0.05, 0) is 11.1 Å². The minimum atomic E-state index is -0.0853. The van der Waals surface area contributed by atoms with Crippen LogP contribution in [-0.4, -0.2) is 25.0 Å². The molecule has 0 aromatic heterocycles. The molecule has 1 aromatic rings. The Balaban J connectivity index is 2.47. The van der Waals surface area contributed by atoms with E-state index in [-0.39, 0.29) is 6.03 Å². The van der Waals surface area contributed by atoms with Gasteiger partial charge in [0.25, 0.3) is 0 Å². The Morgan fingerprint density at radius 3 is 2.27 bits per heavy atom. The highest BCUT2D eigenvalue weighted by Crippen LogP contribution is 2.03. The number of nitrogens with two attached hydrogens (primary N) is 1. The van der Waals surface area contributed by atoms with Crippen LogP contribution in [0, 0.1) is 0 Å². The lowest BCUT2D eigenvalue weighted by Crippen LogP contribution is -2.33. The third kappa shape index (κ3) is 3.59. The predicted molar refractivity (Wildman–Crippen MR) is 60.3 cm³/mol. The fraction of sp³-hybridized carbons (Fsp3) is 0.364. The second kappa shape index (κ2) is 5.36. The first-order chi connectivity index (χ1) is 7.13. The van der Waals surface area contributed by atoms with Crippen molar-refractivity contribution in [3.8, 4) is 0 Å². The molecule has 0 fully saturated rings. The number of hydrogen-bond donors (Lipinski definition) is 2. The summed E-state index contributed by atoms with van der Waals surface area (Å²) in [6.45, 7) is 1.09. The number of benzene rings is 1. The van der Waals surface area contributed by atoms with E-state index in [2.05, 4.69) is 5.32 Å². The van der Waals surface area contributed by atoms with Crippen molar-refractivity contribution >= 4 is 6.03 Å². The zero-order valence-corrected chi connectivity index (χ0v) is 9.16. The molecule has 3 N–H and O–H groups in total. The molecule has 0 aliphatic rings. The molecule has 0 spiro atoms. The van der Waals surface area contributed by atoms with Crippen LogP contribution < -0.4 is 11.1 Å². The van der Waals surface area contributed by atoms with Crippen molar-refractivity contribution in [2.45, 2.75) is 13.1 Å². The lowest BCUT2D eigenvalue weighted by atomic mass is 10.1. The van der Waals surface area contributed by atoms with Crippen LogP contribution in [0.15, 0.2) is 24.3 Å². The van der Waals surface area contributed by atoms with Crippen LogP contribution in [0.1, 0.15) is 11.1 Å². The van der Waals surface area contributed by atoms with Crippen LogP contribution in [0.5, 0.6) is 0 Å². The van der Waals surface area contributed by atoms with Gasteiger partial charge in [0.05, 0.1) is 0 Å². The molecule has 2 amide bonds. The van der Waals surface area contributed by atoms with E-state index in [1.807, 2.05) is 24.3 Å². The van der Waals surface area contributed by atoms with Crippen LogP contribution in [-0.2, 0) is 13.1 Å². The van der Waals surface area contributed by atoms with Gasteiger partial charge in [0.2, 0.25) is 0 Å². The smallest absolute Gasteiger partial charge is 0.317 e. The molecular weight excluding hydrogens is 190 g/mol. The number of amides is 2. The maximum Gasteiger partial charge on any atom is 0.317 e. The van der Waals surface area contributed by atoms with Crippen LogP contribution in [0.4, 0.5) is 4.79 Å². The fourth-order valence-corrected chi connectivity index (χ4v) is 1.13. The number of nitrogens with one attached hydrogen (secondary N) is 1. The average Bonchev–Trinajstić information content (AvgIpc) is 2.26. The Bertz CT molecular complexity index is 319. The number of rotatable bonds is 3. The van der Waals surface area contributed by atoms with Crippen molar-refractivity contribution in [2.75, 3.05) is 14.1 Å². The van der Waals surface area contributed by atoms with Crippen LogP contribution in [0.2, 0.25) is 0 Å². The molecular formula is C11H17N3O. The van der Waals surface area contributed by atoms with Crippen molar-refractivity contribution in [3.05, 3.63) is 35.4 Å². The summed E-state index contributed by atoms with van der Waals surface area (Å²) in [6, 6.07) is 7.79. The van der Waals surface area contributed by atoms with Crippen molar-refractivity contribution in [1.29, 1.82) is 0 Å². The van der Waals surface area contributed by atoms with Gasteiger partial charge >= 0.3 is 6.03 Å². The van der Waals surface area contributed by atoms with Crippen molar-refractivity contribution in [1.82, 2.24) is 10.2 Å². The van der Waals surface area contributed by atoms with Gasteiger partial charge < -0.3 is 16.0 Å². The first-order valence-electron chi connectivity index (χ1n) is 4.86. The molecule has 0 aliphatic heterocycles. The van der Waals surface area contributed by atoms with E-state index in [1.54, 1.807) is 14.1 Å². The molecule has 0 saturated heterocycles. The molecule has 0 aliphatic carbocycles. The zero-order chi connectivity index (χ0) is 11.3. The SMILES string of the molecule is CN(C)C(=O)NCc1ccc(CN)cc1. The number of urea groups is 1. The zero-order valence-electron chi connectivity index (χ0n) is 9.16. The minimum absolute atomic E-state index is 0.0853. The lowest BCUT2D eigenvalue weighted by Gasteiger charge is -2.11. The van der Waals surface area contributed by atoms with E-state index in [9.17, 15) is 4.79 Å². The van der Waals surface area contributed by atoms with E-state index in [1.165, 1.54) is 4.90 Å². The van der Waals surface area contributed by atoms with E-state index in [4.69, 9.17) is 5.73 Å². The molecule has 4 heteroatoms. The largest absolute Gasteiger partial charge is 0.334 e. The average molecular weight is 207 g/mol. The third-order valence-corrected chi connectivity index (χ3v) is 2.11. The van der Waals surface area contributed by atoms with E-state index in [0.29, 0.717) is 13.1 Å². The number of nitrogens with zero attached hydrogens (tertiary/aromatic N) is 1. The maximum absolute atomic E-state index is 11.2. The molecule has 15 heavy (non-hydrogen) atoms. The first-order valence-corrected chi connectivity index (χ1v) is 4.86. The third-order valence-electron chi connectivity index (χ3n) is 2.11. The van der Waals surface area contributed by atoms with E-state index >= 15 is 0 Å². The summed E-state index contributed by atoms with van der Waals surface area (Å²) in [4.78, 5) is 12.7. The van der Waals surface area contributed by atoms with Crippen molar-refractivity contribution in [3.63, 3.8) is 0 Å². The Labute approximate surface area is 90.1 Å². The quantitative estimate of drug-likeness (QED) is 0.774. The van der Waals surface area contributed by atoms with Gasteiger partial charge in [0.1, 0.15) is 0 Å². The van der Waals surface area contributed by atoms with Gasteiger partial charge in [-0.25, -0.2) is 4.79 Å².